The molecular weight excluding hydrogens is 200 g/mol. The van der Waals surface area contributed by atoms with Gasteiger partial charge in [-0.25, -0.2) is 0 Å². The fourth-order valence-electron chi connectivity index (χ4n) is 1.57. The average molecular weight is 213 g/mol. The monoisotopic (exact) mass is 212 g/mol. The minimum atomic E-state index is -0.399. The first-order chi connectivity index (χ1) is 6.27. The van der Waals surface area contributed by atoms with Gasteiger partial charge in [-0.2, -0.15) is 0 Å². The maximum absolute atomic E-state index is 11.2. The third-order valence-electron chi connectivity index (χ3n) is 2.35. The van der Waals surface area contributed by atoms with Gasteiger partial charge in [0.25, 0.3) is 0 Å². The Balaban J connectivity index is 0.000000980. The van der Waals surface area contributed by atoms with Crippen LogP contribution in [0.5, 0.6) is 0 Å². The zero-order chi connectivity index (χ0) is 9.26. The molecule has 1 heterocycles. The van der Waals surface area contributed by atoms with Crippen molar-refractivity contribution < 1.29 is 4.79 Å². The first-order valence-electron chi connectivity index (χ1n) is 4.37. The van der Waals surface area contributed by atoms with Crippen molar-refractivity contribution in [2.45, 2.75) is 19.0 Å². The Bertz CT molecular complexity index is 341. The van der Waals surface area contributed by atoms with Crippen molar-refractivity contribution in [3.05, 3.63) is 35.4 Å². The minimum Gasteiger partial charge on any atom is -0.351 e. The van der Waals surface area contributed by atoms with Crippen LogP contribution < -0.4 is 11.1 Å². The molecule has 1 aromatic rings. The van der Waals surface area contributed by atoms with Crippen LogP contribution in [-0.4, -0.2) is 11.9 Å². The predicted molar refractivity (Wildman–Crippen MR) is 57.2 cm³/mol. The number of carbonyl (C=O) groups is 1. The molecule has 0 spiro atoms. The molecule has 2 rings (SSSR count). The minimum absolute atomic E-state index is 0. The van der Waals surface area contributed by atoms with Crippen molar-refractivity contribution in [3.63, 3.8) is 0 Å². The number of hydrogen-bond acceptors (Lipinski definition) is 2. The van der Waals surface area contributed by atoms with Gasteiger partial charge in [-0.15, -0.1) is 12.4 Å². The molecule has 1 aliphatic rings. The third kappa shape index (κ3) is 2.05. The lowest BCUT2D eigenvalue weighted by Crippen LogP contribution is -2.39. The molecule has 14 heavy (non-hydrogen) atoms. The average Bonchev–Trinajstić information content (AvgIpc) is 2.28. The highest BCUT2D eigenvalue weighted by atomic mass is 35.5. The standard InChI is InChI=1S/C10H12N2O.ClH/c11-9-5-7-3-1-2-4-8(7)6-12-10(9)13;/h1-4,9H,5-6,11H2,(H,12,13);1H/t9-;/m1./s1. The Morgan fingerprint density at radius 2 is 1.93 bits per heavy atom. The number of hydrogen-bond donors (Lipinski definition) is 2. The van der Waals surface area contributed by atoms with E-state index in [0.717, 1.165) is 0 Å². The van der Waals surface area contributed by atoms with Crippen LogP contribution in [0.15, 0.2) is 24.3 Å². The van der Waals surface area contributed by atoms with Gasteiger partial charge in [-0.3, -0.25) is 4.79 Å². The molecule has 0 saturated carbocycles. The van der Waals surface area contributed by atoms with Crippen molar-refractivity contribution in [2.75, 3.05) is 0 Å². The highest BCUT2D eigenvalue weighted by Gasteiger charge is 2.19. The fourth-order valence-corrected chi connectivity index (χ4v) is 1.57. The Kier molecular flexibility index (Phi) is 3.49. The van der Waals surface area contributed by atoms with Gasteiger partial charge in [0.05, 0.1) is 6.04 Å². The van der Waals surface area contributed by atoms with Crippen LogP contribution in [0.1, 0.15) is 11.1 Å². The quantitative estimate of drug-likeness (QED) is 0.662. The highest BCUT2D eigenvalue weighted by Crippen LogP contribution is 2.13. The molecule has 1 amide bonds. The first kappa shape index (κ1) is 11.0. The number of amides is 1. The van der Waals surface area contributed by atoms with Crippen LogP contribution in [0.3, 0.4) is 0 Å². The zero-order valence-electron chi connectivity index (χ0n) is 7.69. The van der Waals surface area contributed by atoms with Crippen LogP contribution in [0.25, 0.3) is 0 Å². The van der Waals surface area contributed by atoms with Gasteiger partial charge < -0.3 is 11.1 Å². The van der Waals surface area contributed by atoms with E-state index in [-0.39, 0.29) is 18.3 Å². The maximum Gasteiger partial charge on any atom is 0.237 e. The molecule has 1 atom stereocenters. The van der Waals surface area contributed by atoms with E-state index in [9.17, 15) is 4.79 Å². The van der Waals surface area contributed by atoms with E-state index in [0.29, 0.717) is 13.0 Å². The van der Waals surface area contributed by atoms with Crippen LogP contribution in [0.2, 0.25) is 0 Å². The van der Waals surface area contributed by atoms with E-state index in [2.05, 4.69) is 5.32 Å². The Labute approximate surface area is 89.1 Å². The molecule has 3 nitrogen and oxygen atoms in total. The van der Waals surface area contributed by atoms with Crippen molar-refractivity contribution >= 4 is 18.3 Å². The Morgan fingerprint density at radius 1 is 1.29 bits per heavy atom. The van der Waals surface area contributed by atoms with Crippen molar-refractivity contribution in [1.29, 1.82) is 0 Å². The van der Waals surface area contributed by atoms with Gasteiger partial charge in [-0.05, 0) is 17.5 Å². The zero-order valence-corrected chi connectivity index (χ0v) is 8.51. The molecule has 0 fully saturated rings. The summed E-state index contributed by atoms with van der Waals surface area (Å²) in [6.45, 7) is 0.600. The van der Waals surface area contributed by atoms with E-state index < -0.39 is 6.04 Å². The summed E-state index contributed by atoms with van der Waals surface area (Å²) in [7, 11) is 0. The lowest BCUT2D eigenvalue weighted by atomic mass is 10.0. The van der Waals surface area contributed by atoms with Crippen molar-refractivity contribution in [3.8, 4) is 0 Å². The SMILES string of the molecule is Cl.N[C@@H]1Cc2ccccc2CNC1=O. The molecule has 3 N–H and O–H groups in total. The molecule has 1 aliphatic heterocycles. The van der Waals surface area contributed by atoms with E-state index in [1.807, 2.05) is 24.3 Å². The number of rotatable bonds is 0. The van der Waals surface area contributed by atoms with Gasteiger partial charge in [0.1, 0.15) is 0 Å². The molecule has 0 bridgehead atoms. The molecule has 0 saturated heterocycles. The Hall–Kier alpha value is -1.06. The Morgan fingerprint density at radius 3 is 2.64 bits per heavy atom. The molecule has 4 heteroatoms. The highest BCUT2D eigenvalue weighted by molar-refractivity contribution is 5.85. The molecular formula is C10H13ClN2O. The number of fused-ring (bicyclic) bond motifs is 1. The topological polar surface area (TPSA) is 55.1 Å². The van der Waals surface area contributed by atoms with Crippen molar-refractivity contribution in [1.82, 2.24) is 5.32 Å². The van der Waals surface area contributed by atoms with Crippen LogP contribution in [0, 0.1) is 0 Å². The predicted octanol–water partition coefficient (Wildman–Crippen LogP) is 0.608. The van der Waals surface area contributed by atoms with Gasteiger partial charge in [0.2, 0.25) is 5.91 Å². The third-order valence-corrected chi connectivity index (χ3v) is 2.35. The van der Waals surface area contributed by atoms with E-state index in [1.54, 1.807) is 0 Å². The normalized spacial score (nSPS) is 20.1. The number of halogens is 1. The van der Waals surface area contributed by atoms with Crippen molar-refractivity contribution in [2.24, 2.45) is 5.73 Å². The van der Waals surface area contributed by atoms with Gasteiger partial charge in [0.15, 0.2) is 0 Å². The van der Waals surface area contributed by atoms with Crippen LogP contribution >= 0.6 is 12.4 Å². The largest absolute Gasteiger partial charge is 0.351 e. The van der Waals surface area contributed by atoms with Crippen LogP contribution in [0.4, 0.5) is 0 Å². The van der Waals surface area contributed by atoms with Gasteiger partial charge >= 0.3 is 0 Å². The summed E-state index contributed by atoms with van der Waals surface area (Å²) in [6.07, 6.45) is 0.641. The molecule has 0 aliphatic carbocycles. The second kappa shape index (κ2) is 4.44. The smallest absolute Gasteiger partial charge is 0.237 e. The van der Waals surface area contributed by atoms with Crippen LogP contribution in [-0.2, 0) is 17.8 Å². The second-order valence-corrected chi connectivity index (χ2v) is 3.30. The molecule has 0 unspecified atom stereocenters. The summed E-state index contributed by atoms with van der Waals surface area (Å²) >= 11 is 0. The summed E-state index contributed by atoms with van der Waals surface area (Å²) in [5.74, 6) is -0.0591. The van der Waals surface area contributed by atoms with E-state index in [4.69, 9.17) is 5.73 Å². The lowest BCUT2D eigenvalue weighted by Gasteiger charge is -2.05. The summed E-state index contributed by atoms with van der Waals surface area (Å²) < 4.78 is 0. The molecule has 76 valence electrons. The van der Waals surface area contributed by atoms with Gasteiger partial charge in [-0.1, -0.05) is 24.3 Å². The number of benzene rings is 1. The molecule has 0 aromatic heterocycles. The van der Waals surface area contributed by atoms with E-state index in [1.165, 1.54) is 11.1 Å². The second-order valence-electron chi connectivity index (χ2n) is 3.30. The summed E-state index contributed by atoms with van der Waals surface area (Å²) in [5.41, 5.74) is 8.03. The fraction of sp³-hybridized carbons (Fsp3) is 0.300. The maximum atomic E-state index is 11.2. The van der Waals surface area contributed by atoms with E-state index >= 15 is 0 Å². The summed E-state index contributed by atoms with van der Waals surface area (Å²) in [6, 6.07) is 7.59. The lowest BCUT2D eigenvalue weighted by molar-refractivity contribution is -0.122. The molecule has 0 radical (unpaired) electrons. The first-order valence-corrected chi connectivity index (χ1v) is 4.37. The number of nitrogens with two attached hydrogens (primary N) is 1. The number of carbonyl (C=O) groups excluding carboxylic acids is 1. The molecule has 1 aromatic carbocycles. The summed E-state index contributed by atoms with van der Waals surface area (Å²) in [5, 5.41) is 2.79. The number of nitrogens with one attached hydrogen (secondary N) is 1. The summed E-state index contributed by atoms with van der Waals surface area (Å²) in [4.78, 5) is 11.2. The van der Waals surface area contributed by atoms with Gasteiger partial charge in [0, 0.05) is 6.54 Å².